The molecule has 0 saturated heterocycles. The molecule has 7 heteroatoms. The van der Waals surface area contributed by atoms with Crippen LogP contribution in [0.4, 0.5) is 0 Å². The molecule has 0 aromatic carbocycles. The van der Waals surface area contributed by atoms with Crippen LogP contribution in [0.2, 0.25) is 0 Å². The van der Waals surface area contributed by atoms with E-state index in [-0.39, 0.29) is 0 Å². The molecule has 13 heavy (non-hydrogen) atoms. The third-order valence-electron chi connectivity index (χ3n) is 1.32. The van der Waals surface area contributed by atoms with Gasteiger partial charge < -0.3 is 17.7 Å². The van der Waals surface area contributed by atoms with E-state index in [0.717, 1.165) is 25.7 Å². The van der Waals surface area contributed by atoms with Gasteiger partial charge in [0.25, 0.3) is 10.0 Å². The first-order chi connectivity index (χ1) is 6.41. The van der Waals surface area contributed by atoms with Crippen molar-refractivity contribution in [2.45, 2.75) is 13.8 Å². The molecule has 80 valence electrons. The molecule has 0 N–H and O–H groups in total. The van der Waals surface area contributed by atoms with Gasteiger partial charge in [-0.25, -0.2) is 0 Å². The molecule has 0 amide bonds. The Morgan fingerprint density at radius 2 is 1.31 bits per heavy atom. The van der Waals surface area contributed by atoms with Crippen molar-refractivity contribution in [3.8, 4) is 0 Å². The molecule has 0 saturated carbocycles. The van der Waals surface area contributed by atoms with Gasteiger partial charge in [0.15, 0.2) is 19.5 Å². The molecule has 0 aliphatic rings. The van der Waals surface area contributed by atoms with E-state index in [1.54, 1.807) is 0 Å². The Labute approximate surface area is 87.2 Å². The topological polar surface area (TPSA) is 36.9 Å². The highest BCUT2D eigenvalue weighted by Gasteiger charge is 1.91. The fourth-order valence-corrected chi connectivity index (χ4v) is 4.93. The van der Waals surface area contributed by atoms with Crippen molar-refractivity contribution in [1.82, 2.24) is 0 Å². The van der Waals surface area contributed by atoms with Crippen LogP contribution in [-0.2, 0) is 17.7 Å². The smallest absolute Gasteiger partial charge is 0.283 e. The quantitative estimate of drug-likeness (QED) is 0.333. The Hall–Kier alpha value is 0.491. The first kappa shape index (κ1) is 13.5. The van der Waals surface area contributed by atoms with E-state index in [1.165, 1.54) is 0 Å². The first-order valence-corrected chi connectivity index (χ1v) is 9.03. The van der Waals surface area contributed by atoms with Gasteiger partial charge in [-0.1, -0.05) is 0 Å². The summed E-state index contributed by atoms with van der Waals surface area (Å²) in [6.45, 7) is 5.57. The Morgan fingerprint density at radius 1 is 0.846 bits per heavy atom. The summed E-state index contributed by atoms with van der Waals surface area (Å²) in [5, 5.41) is 0. The fraction of sp³-hybridized carbons (Fsp3) is 1.00. The zero-order valence-corrected chi connectivity index (χ0v) is 12.8. The van der Waals surface area contributed by atoms with Crippen LogP contribution in [0.25, 0.3) is 0 Å². The molecule has 0 aromatic rings. The maximum Gasteiger partial charge on any atom is 0.283 e. The largest absolute Gasteiger partial charge is 0.444 e. The predicted octanol–water partition coefficient (Wildman–Crippen LogP) is -1.83. The lowest BCUT2D eigenvalue weighted by molar-refractivity contribution is 0.184. The fourth-order valence-electron chi connectivity index (χ4n) is 0.701. The molecule has 0 unspecified atom stereocenters. The summed E-state index contributed by atoms with van der Waals surface area (Å²) < 4.78 is 21.2. The van der Waals surface area contributed by atoms with Crippen molar-refractivity contribution < 1.29 is 17.7 Å². The lowest BCUT2D eigenvalue weighted by atomic mass is 10.9. The Kier molecular flexibility index (Phi) is 13.0. The van der Waals surface area contributed by atoms with Crippen LogP contribution >= 0.6 is 0 Å². The Balaban J connectivity index is 2.76. The highest BCUT2D eigenvalue weighted by molar-refractivity contribution is 6.45. The predicted molar refractivity (Wildman–Crippen MR) is 60.8 cm³/mol. The summed E-state index contributed by atoms with van der Waals surface area (Å²) in [5.74, 6) is 0. The van der Waals surface area contributed by atoms with Crippen molar-refractivity contribution in [3.05, 3.63) is 0 Å². The second-order valence-electron chi connectivity index (χ2n) is 2.33. The molecule has 0 heterocycles. The van der Waals surface area contributed by atoms with Crippen LogP contribution in [0, 0.1) is 0 Å². The molecule has 0 aliphatic carbocycles. The number of hydrogen-bond donors (Lipinski definition) is 0. The summed E-state index contributed by atoms with van der Waals surface area (Å²) in [4.78, 5) is 0. The van der Waals surface area contributed by atoms with Crippen LogP contribution in [0.15, 0.2) is 0 Å². The van der Waals surface area contributed by atoms with Crippen LogP contribution in [0.3, 0.4) is 0 Å². The minimum atomic E-state index is -0.681. The van der Waals surface area contributed by atoms with Crippen LogP contribution in [0.5, 0.6) is 0 Å². The van der Waals surface area contributed by atoms with Gasteiger partial charge in [0, 0.05) is 13.2 Å². The van der Waals surface area contributed by atoms with Gasteiger partial charge in [0.05, 0.1) is 12.5 Å². The Morgan fingerprint density at radius 3 is 1.69 bits per heavy atom. The Bertz CT molecular complexity index is 85.9. The molecule has 0 aliphatic heterocycles. The number of ether oxygens (including phenoxy) is 2. The highest BCUT2D eigenvalue weighted by Crippen LogP contribution is 1.76. The monoisotopic (exact) mass is 240 g/mol. The van der Waals surface area contributed by atoms with Gasteiger partial charge >= 0.3 is 0 Å². The van der Waals surface area contributed by atoms with E-state index in [0.29, 0.717) is 0 Å². The van der Waals surface area contributed by atoms with Gasteiger partial charge in [0.2, 0.25) is 0 Å². The van der Waals surface area contributed by atoms with E-state index in [2.05, 4.69) is 0 Å². The zero-order chi connectivity index (χ0) is 9.78. The van der Waals surface area contributed by atoms with Crippen molar-refractivity contribution >= 4 is 29.5 Å². The van der Waals surface area contributed by atoms with E-state index < -0.39 is 29.5 Å². The SMILES string of the molecule is CCOC[SiH2]O[SiH2]O[SiH2]COCC. The summed E-state index contributed by atoms with van der Waals surface area (Å²) in [6.07, 6.45) is 1.64. The standard InChI is InChI=1S/C6H20O4Si3/c1-3-7-5-11-9-13-10-12-6-8-4-2/h3-6,11-13H2,1-2H3. The molecular formula is C6H20O4Si3. The molecule has 0 spiro atoms. The minimum Gasteiger partial charge on any atom is -0.444 e. The second kappa shape index (κ2) is 12.5. The van der Waals surface area contributed by atoms with Gasteiger partial charge in [-0.15, -0.1) is 0 Å². The average Bonchev–Trinajstić information content (AvgIpc) is 2.16. The van der Waals surface area contributed by atoms with Crippen LogP contribution in [0.1, 0.15) is 13.8 Å². The zero-order valence-electron chi connectivity index (χ0n) is 8.58. The van der Waals surface area contributed by atoms with E-state index >= 15 is 0 Å². The molecule has 4 nitrogen and oxygen atoms in total. The van der Waals surface area contributed by atoms with Gasteiger partial charge in [-0.2, -0.15) is 0 Å². The minimum absolute atomic E-state index is 0.443. The normalized spacial score (nSPS) is 13.4. The summed E-state index contributed by atoms with van der Waals surface area (Å²) in [7, 11) is -1.57. The van der Waals surface area contributed by atoms with Gasteiger partial charge in [-0.3, -0.25) is 0 Å². The molecule has 0 fully saturated rings. The van der Waals surface area contributed by atoms with E-state index in [9.17, 15) is 0 Å². The molecule has 0 rings (SSSR count). The average molecular weight is 240 g/mol. The highest BCUT2D eigenvalue weighted by atomic mass is 28.4. The molecule has 0 aromatic heterocycles. The van der Waals surface area contributed by atoms with Crippen molar-refractivity contribution in [3.63, 3.8) is 0 Å². The summed E-state index contributed by atoms with van der Waals surface area (Å²) in [6, 6.07) is 0. The van der Waals surface area contributed by atoms with Crippen LogP contribution in [-0.4, -0.2) is 55.2 Å². The summed E-state index contributed by atoms with van der Waals surface area (Å²) in [5.41, 5.74) is 0. The maximum atomic E-state index is 5.43. The molecular weight excluding hydrogens is 220 g/mol. The van der Waals surface area contributed by atoms with Crippen molar-refractivity contribution in [1.29, 1.82) is 0 Å². The third-order valence-corrected chi connectivity index (χ3v) is 5.87. The first-order valence-electron chi connectivity index (χ1n) is 4.72. The molecule has 0 atom stereocenters. The van der Waals surface area contributed by atoms with Gasteiger partial charge in [-0.05, 0) is 13.8 Å². The van der Waals surface area contributed by atoms with Crippen molar-refractivity contribution in [2.75, 3.05) is 25.7 Å². The van der Waals surface area contributed by atoms with Crippen LogP contribution < -0.4 is 0 Å². The lowest BCUT2D eigenvalue weighted by Crippen LogP contribution is -2.17. The number of rotatable bonds is 10. The van der Waals surface area contributed by atoms with E-state index in [1.807, 2.05) is 13.8 Å². The third kappa shape index (κ3) is 12.5. The van der Waals surface area contributed by atoms with Gasteiger partial charge in [0.1, 0.15) is 0 Å². The van der Waals surface area contributed by atoms with Crippen molar-refractivity contribution in [2.24, 2.45) is 0 Å². The number of hydrogen-bond acceptors (Lipinski definition) is 4. The molecule has 0 bridgehead atoms. The second-order valence-corrected chi connectivity index (χ2v) is 7.46. The lowest BCUT2D eigenvalue weighted by Gasteiger charge is -2.05. The maximum absolute atomic E-state index is 5.43. The van der Waals surface area contributed by atoms with E-state index in [4.69, 9.17) is 17.7 Å². The summed E-state index contributed by atoms with van der Waals surface area (Å²) >= 11 is 0. The molecule has 0 radical (unpaired) electrons.